The van der Waals surface area contributed by atoms with E-state index < -0.39 is 6.04 Å². The normalized spacial score (nSPS) is 16.7. The fourth-order valence-corrected chi connectivity index (χ4v) is 2.68. The maximum Gasteiger partial charge on any atom is 0.243 e. The molecule has 0 heterocycles. The molecule has 1 aliphatic carbocycles. The molecule has 23 heavy (non-hydrogen) atoms. The summed E-state index contributed by atoms with van der Waals surface area (Å²) in [5, 5.41) is 5.86. The van der Waals surface area contributed by atoms with Crippen LogP contribution in [0.4, 0.5) is 0 Å². The molecular weight excluding hydrogens is 290 g/mol. The summed E-state index contributed by atoms with van der Waals surface area (Å²) in [5.74, 6) is 0.244. The molecule has 5 nitrogen and oxygen atoms in total. The topological polar surface area (TPSA) is 84.2 Å². The molecule has 2 amide bonds. The van der Waals surface area contributed by atoms with Crippen molar-refractivity contribution in [3.63, 3.8) is 0 Å². The number of nitrogens with one attached hydrogen (secondary N) is 2. The van der Waals surface area contributed by atoms with Gasteiger partial charge in [-0.1, -0.05) is 44.2 Å². The lowest BCUT2D eigenvalue weighted by Gasteiger charge is -2.25. The van der Waals surface area contributed by atoms with Crippen LogP contribution in [-0.2, 0) is 16.0 Å². The number of nitrogens with two attached hydrogens (primary N) is 1. The maximum atomic E-state index is 12.5. The van der Waals surface area contributed by atoms with E-state index in [1.807, 2.05) is 44.2 Å². The zero-order valence-corrected chi connectivity index (χ0v) is 13.9. The van der Waals surface area contributed by atoms with Crippen LogP contribution in [0.1, 0.15) is 32.3 Å². The van der Waals surface area contributed by atoms with E-state index in [4.69, 9.17) is 5.73 Å². The smallest absolute Gasteiger partial charge is 0.243 e. The minimum atomic E-state index is -0.529. The molecule has 0 spiro atoms. The van der Waals surface area contributed by atoms with E-state index in [1.54, 1.807) is 0 Å². The molecule has 126 valence electrons. The largest absolute Gasteiger partial charge is 0.350 e. The molecule has 1 aromatic carbocycles. The molecule has 1 aromatic rings. The van der Waals surface area contributed by atoms with Crippen LogP contribution in [0.3, 0.4) is 0 Å². The second-order valence-electron chi connectivity index (χ2n) is 6.64. The van der Waals surface area contributed by atoms with Crippen LogP contribution in [-0.4, -0.2) is 30.4 Å². The van der Waals surface area contributed by atoms with Crippen molar-refractivity contribution in [1.82, 2.24) is 10.6 Å². The first-order chi connectivity index (χ1) is 11.0. The summed E-state index contributed by atoms with van der Waals surface area (Å²) in [5.41, 5.74) is 6.68. The average molecular weight is 317 g/mol. The molecule has 0 aromatic heterocycles. The molecule has 5 heteroatoms. The Morgan fingerprint density at radius 3 is 2.35 bits per heavy atom. The van der Waals surface area contributed by atoms with Crippen molar-refractivity contribution in [2.45, 2.75) is 45.2 Å². The third kappa shape index (κ3) is 5.36. The maximum absolute atomic E-state index is 12.5. The summed E-state index contributed by atoms with van der Waals surface area (Å²) in [4.78, 5) is 24.7. The third-order valence-corrected chi connectivity index (χ3v) is 4.25. The van der Waals surface area contributed by atoms with Gasteiger partial charge < -0.3 is 16.4 Å². The van der Waals surface area contributed by atoms with E-state index in [9.17, 15) is 9.59 Å². The second kappa shape index (κ2) is 8.11. The monoisotopic (exact) mass is 317 g/mol. The number of carbonyl (C=O) groups excluding carboxylic acids is 2. The van der Waals surface area contributed by atoms with Gasteiger partial charge in [0, 0.05) is 12.6 Å². The predicted molar refractivity (Wildman–Crippen MR) is 90.6 cm³/mol. The van der Waals surface area contributed by atoms with Crippen LogP contribution in [0.2, 0.25) is 0 Å². The molecule has 1 aliphatic rings. The molecule has 2 unspecified atom stereocenters. The number of hydrogen-bond donors (Lipinski definition) is 3. The highest BCUT2D eigenvalue weighted by Crippen LogP contribution is 2.32. The Morgan fingerprint density at radius 2 is 1.83 bits per heavy atom. The van der Waals surface area contributed by atoms with Crippen molar-refractivity contribution in [3.05, 3.63) is 35.9 Å². The SMILES string of the molecule is CC(C)C(NC(=O)Cc1ccccc1)C(=O)NC(CN)C1CC1. The van der Waals surface area contributed by atoms with Crippen LogP contribution < -0.4 is 16.4 Å². The highest BCUT2D eigenvalue weighted by molar-refractivity contribution is 5.88. The van der Waals surface area contributed by atoms with Gasteiger partial charge in [-0.2, -0.15) is 0 Å². The molecular formula is C18H27N3O2. The lowest BCUT2D eigenvalue weighted by molar-refractivity contribution is -0.130. The van der Waals surface area contributed by atoms with E-state index in [-0.39, 0.29) is 30.2 Å². The van der Waals surface area contributed by atoms with Crippen LogP contribution in [0.25, 0.3) is 0 Å². The van der Waals surface area contributed by atoms with Crippen LogP contribution in [0, 0.1) is 11.8 Å². The minimum absolute atomic E-state index is 0.0207. The summed E-state index contributed by atoms with van der Waals surface area (Å²) >= 11 is 0. The minimum Gasteiger partial charge on any atom is -0.350 e. The van der Waals surface area contributed by atoms with Gasteiger partial charge in [0.15, 0.2) is 0 Å². The number of amides is 2. The van der Waals surface area contributed by atoms with E-state index in [0.29, 0.717) is 12.5 Å². The quantitative estimate of drug-likeness (QED) is 0.674. The molecule has 2 atom stereocenters. The fraction of sp³-hybridized carbons (Fsp3) is 0.556. The summed E-state index contributed by atoms with van der Waals surface area (Å²) in [6.45, 7) is 4.31. The van der Waals surface area contributed by atoms with E-state index in [0.717, 1.165) is 18.4 Å². The van der Waals surface area contributed by atoms with Gasteiger partial charge in [-0.25, -0.2) is 0 Å². The molecule has 1 saturated carbocycles. The second-order valence-corrected chi connectivity index (χ2v) is 6.64. The zero-order chi connectivity index (χ0) is 16.8. The van der Waals surface area contributed by atoms with Crippen LogP contribution in [0.15, 0.2) is 30.3 Å². The first kappa shape index (κ1) is 17.5. The van der Waals surface area contributed by atoms with E-state index >= 15 is 0 Å². The van der Waals surface area contributed by atoms with Crippen molar-refractivity contribution >= 4 is 11.8 Å². The van der Waals surface area contributed by atoms with Crippen molar-refractivity contribution in [3.8, 4) is 0 Å². The number of hydrogen-bond acceptors (Lipinski definition) is 3. The van der Waals surface area contributed by atoms with Gasteiger partial charge in [0.05, 0.1) is 6.42 Å². The molecule has 0 saturated heterocycles. The Kier molecular flexibility index (Phi) is 6.16. The highest BCUT2D eigenvalue weighted by Gasteiger charge is 2.33. The van der Waals surface area contributed by atoms with Gasteiger partial charge in [-0.05, 0) is 30.2 Å². The Labute approximate surface area is 138 Å². The third-order valence-electron chi connectivity index (χ3n) is 4.25. The zero-order valence-electron chi connectivity index (χ0n) is 13.9. The van der Waals surface area contributed by atoms with Crippen molar-refractivity contribution in [2.24, 2.45) is 17.6 Å². The Bertz CT molecular complexity index is 526. The average Bonchev–Trinajstić information content (AvgIpc) is 3.35. The molecule has 2 rings (SSSR count). The first-order valence-electron chi connectivity index (χ1n) is 8.35. The van der Waals surface area contributed by atoms with Crippen LogP contribution >= 0.6 is 0 Å². The van der Waals surface area contributed by atoms with Gasteiger partial charge >= 0.3 is 0 Å². The fourth-order valence-electron chi connectivity index (χ4n) is 2.68. The van der Waals surface area contributed by atoms with Gasteiger partial charge in [0.25, 0.3) is 0 Å². The van der Waals surface area contributed by atoms with Crippen molar-refractivity contribution in [2.75, 3.05) is 6.54 Å². The van der Waals surface area contributed by atoms with Gasteiger partial charge in [0.2, 0.25) is 11.8 Å². The van der Waals surface area contributed by atoms with Gasteiger partial charge in [-0.3, -0.25) is 9.59 Å². The lowest BCUT2D eigenvalue weighted by atomic mass is 10.0. The molecule has 0 radical (unpaired) electrons. The first-order valence-corrected chi connectivity index (χ1v) is 8.35. The highest BCUT2D eigenvalue weighted by atomic mass is 16.2. The number of benzene rings is 1. The lowest BCUT2D eigenvalue weighted by Crippen LogP contribution is -2.54. The summed E-state index contributed by atoms with van der Waals surface area (Å²) in [7, 11) is 0. The van der Waals surface area contributed by atoms with Crippen LogP contribution in [0.5, 0.6) is 0 Å². The summed E-state index contributed by atoms with van der Waals surface area (Å²) < 4.78 is 0. The summed E-state index contributed by atoms with van der Waals surface area (Å²) in [6.07, 6.45) is 2.52. The number of rotatable bonds is 8. The Hall–Kier alpha value is -1.88. The summed E-state index contributed by atoms with van der Waals surface area (Å²) in [6, 6.07) is 9.02. The predicted octanol–water partition coefficient (Wildman–Crippen LogP) is 1.22. The standard InChI is InChI=1S/C18H27N3O2/c1-12(2)17(18(23)20-15(11-19)14-8-9-14)21-16(22)10-13-6-4-3-5-7-13/h3-7,12,14-15,17H,8-11,19H2,1-2H3,(H,20,23)(H,21,22). The van der Waals surface area contributed by atoms with Crippen molar-refractivity contribution < 1.29 is 9.59 Å². The Balaban J connectivity index is 1.92. The number of carbonyl (C=O) groups is 2. The van der Waals surface area contributed by atoms with E-state index in [1.165, 1.54) is 0 Å². The van der Waals surface area contributed by atoms with E-state index in [2.05, 4.69) is 10.6 Å². The molecule has 4 N–H and O–H groups in total. The molecule has 1 fully saturated rings. The van der Waals surface area contributed by atoms with Gasteiger partial charge in [-0.15, -0.1) is 0 Å². The molecule has 0 aliphatic heterocycles. The Morgan fingerprint density at radius 1 is 1.17 bits per heavy atom. The van der Waals surface area contributed by atoms with Gasteiger partial charge in [0.1, 0.15) is 6.04 Å². The van der Waals surface area contributed by atoms with Crippen molar-refractivity contribution in [1.29, 1.82) is 0 Å². The molecule has 0 bridgehead atoms.